The van der Waals surface area contributed by atoms with Crippen LogP contribution in [0.4, 0.5) is 0 Å². The van der Waals surface area contributed by atoms with Gasteiger partial charge in [-0.15, -0.1) is 22.7 Å². The largest absolute Gasteiger partial charge is 0.308 e. The van der Waals surface area contributed by atoms with Crippen LogP contribution in [0.5, 0.6) is 0 Å². The Balaban J connectivity index is 0.603. The van der Waals surface area contributed by atoms with Crippen LogP contribution >= 0.6 is 22.7 Å². The first-order valence-electron chi connectivity index (χ1n) is 47.4. The van der Waals surface area contributed by atoms with E-state index in [2.05, 4.69) is 431 Å². The van der Waals surface area contributed by atoms with Crippen LogP contribution in [-0.4, -0.2) is 48.2 Å². The van der Waals surface area contributed by atoms with Gasteiger partial charge in [-0.05, 0) is 171 Å². The molecule has 0 fully saturated rings. The summed E-state index contributed by atoms with van der Waals surface area (Å²) >= 11 is 3.64. The molecule has 142 heavy (non-hydrogen) atoms. The summed E-state index contributed by atoms with van der Waals surface area (Å²) in [5.41, 5.74) is 27.8. The van der Waals surface area contributed by atoms with Crippen molar-refractivity contribution in [3.05, 3.63) is 460 Å². The number of thiophene rings is 2. The van der Waals surface area contributed by atoms with E-state index in [0.717, 1.165) is 208 Å². The highest BCUT2D eigenvalue weighted by atomic mass is 32.1. The molecule has 0 aliphatic carbocycles. The first-order valence-corrected chi connectivity index (χ1v) is 49.0. The molecule has 0 spiro atoms. The molecule has 0 radical (unpaired) electrons. The standard InChI is InChI=1S/C128H74N12S2/c129-75-77-55-66-109(103(71-77)127-132-123(84-59-57-80(58-60-84)79-29-5-1-6-30-79)131-124(134-127)96-42-15-13-37-87(96)81-31-7-2-8-32-81)139-105-48-22-17-39-89(105)92-65-69-112-118(119(92)139)100-45-20-25-51-108(100)138(112)114-53-28-47-95-102-74-86(62-70-116(102)142-122(95)114)85-61-63-98(101(73-85)83-35-11-4-12-36-83)126-133-125(97-43-16-14-38-88(97)82-33-9-3-10-34-82)135-128(136-126)104-72-78(76-130)56-67-110(104)140-106-49-23-18-40-90(106)93-64-68-111-117(120(93)140)99-44-19-24-50-107(99)137(111)113-52-27-46-94-91-41-21-26-54-115(91)141-121(94)113/h1-74H. The number of benzene rings is 20. The maximum absolute atomic E-state index is 11.2. The molecule has 0 amide bonds. The van der Waals surface area contributed by atoms with Gasteiger partial charge < -0.3 is 18.3 Å². The van der Waals surface area contributed by atoms with E-state index in [0.29, 0.717) is 57.2 Å². The molecule has 12 nitrogen and oxygen atoms in total. The van der Waals surface area contributed by atoms with Gasteiger partial charge >= 0.3 is 0 Å². The van der Waals surface area contributed by atoms with Crippen LogP contribution in [0.2, 0.25) is 0 Å². The van der Waals surface area contributed by atoms with Crippen molar-refractivity contribution >= 4 is 150 Å². The van der Waals surface area contributed by atoms with Crippen molar-refractivity contribution in [2.75, 3.05) is 0 Å². The van der Waals surface area contributed by atoms with Crippen molar-refractivity contribution in [3.8, 4) is 159 Å². The molecule has 8 aromatic heterocycles. The first kappa shape index (κ1) is 81.4. The van der Waals surface area contributed by atoms with Crippen molar-refractivity contribution in [1.82, 2.24) is 48.2 Å². The van der Waals surface area contributed by atoms with E-state index in [1.165, 1.54) is 20.2 Å². The van der Waals surface area contributed by atoms with Gasteiger partial charge in [0.05, 0.1) is 99.5 Å². The molecule has 0 aliphatic heterocycles. The average molecular weight is 1840 g/mol. The normalized spacial score (nSPS) is 11.8. The second-order valence-electron chi connectivity index (χ2n) is 36.0. The Labute approximate surface area is 821 Å². The van der Waals surface area contributed by atoms with Crippen molar-refractivity contribution in [2.24, 2.45) is 0 Å². The quantitative estimate of drug-likeness (QED) is 0.0986. The molecule has 14 heteroatoms. The number of aromatic nitrogens is 10. The zero-order valence-corrected chi connectivity index (χ0v) is 77.5. The minimum absolute atomic E-state index is 0.406. The van der Waals surface area contributed by atoms with Crippen molar-refractivity contribution in [1.29, 1.82) is 10.5 Å². The summed E-state index contributed by atoms with van der Waals surface area (Å²) in [5, 5.41) is 35.6. The molecule has 658 valence electrons. The van der Waals surface area contributed by atoms with Gasteiger partial charge in [-0.3, -0.25) is 0 Å². The highest BCUT2D eigenvalue weighted by Crippen LogP contribution is 2.52. The summed E-state index contributed by atoms with van der Waals surface area (Å²) in [7, 11) is 0. The minimum Gasteiger partial charge on any atom is -0.308 e. The van der Waals surface area contributed by atoms with Gasteiger partial charge in [0.15, 0.2) is 34.9 Å². The maximum atomic E-state index is 11.2. The van der Waals surface area contributed by atoms with Gasteiger partial charge in [0.25, 0.3) is 0 Å². The van der Waals surface area contributed by atoms with E-state index in [4.69, 9.17) is 29.9 Å². The summed E-state index contributed by atoms with van der Waals surface area (Å²) in [5.74, 6) is 2.78. The van der Waals surface area contributed by atoms with Crippen LogP contribution in [0.3, 0.4) is 0 Å². The first-order chi connectivity index (χ1) is 70.3. The molecule has 0 bridgehead atoms. The van der Waals surface area contributed by atoms with Crippen LogP contribution in [0.1, 0.15) is 11.1 Å². The fourth-order valence-corrected chi connectivity index (χ4v) is 24.2. The summed E-state index contributed by atoms with van der Waals surface area (Å²) in [6, 6.07) is 164. The predicted molar refractivity (Wildman–Crippen MR) is 586 cm³/mol. The van der Waals surface area contributed by atoms with Gasteiger partial charge in [0, 0.05) is 107 Å². The Morgan fingerprint density at radius 3 is 1.01 bits per heavy atom. The molecular weight excluding hydrogens is 1770 g/mol. The molecule has 8 heterocycles. The zero-order chi connectivity index (χ0) is 93.7. The van der Waals surface area contributed by atoms with Gasteiger partial charge in [-0.1, -0.05) is 334 Å². The fourth-order valence-electron chi connectivity index (χ4n) is 21.8. The number of nitriles is 2. The van der Waals surface area contributed by atoms with Crippen LogP contribution in [-0.2, 0) is 0 Å². The SMILES string of the molecule is N#Cc1ccc(-n2c3ccccc3c3ccc4c(c5ccccc5n4-c4cccc5c4sc4ccc(-c6ccc(-c7nc(-c8ccccc8-c8ccccc8)nc(-c8cc(C#N)ccc8-n8c9ccccc9c9ccc%10c(c%11ccccc%11n%10-c%10cccc%11c%10sc%10ccccc%10%11)c98)n7)c(-c7ccccc7)c6)cc45)c32)c(-c2nc(-c3ccc(-c4ccccc4)cc3)nc(-c3ccccc3-c3ccccc3)n2)c1. The monoisotopic (exact) mass is 1840 g/mol. The van der Waals surface area contributed by atoms with Crippen molar-refractivity contribution < 1.29 is 0 Å². The summed E-state index contributed by atoms with van der Waals surface area (Å²) in [6.45, 7) is 0. The molecule has 0 saturated heterocycles. The molecule has 0 unspecified atom stereocenters. The lowest BCUT2D eigenvalue weighted by molar-refractivity contribution is 1.06. The third-order valence-electron chi connectivity index (χ3n) is 28.2. The van der Waals surface area contributed by atoms with E-state index < -0.39 is 0 Å². The molecule has 28 rings (SSSR count). The zero-order valence-electron chi connectivity index (χ0n) is 75.9. The number of rotatable bonds is 15. The number of hydrogen-bond acceptors (Lipinski definition) is 10. The molecule has 28 aromatic rings. The van der Waals surface area contributed by atoms with E-state index in [1.807, 2.05) is 59.9 Å². The Kier molecular flexibility index (Phi) is 18.9. The Morgan fingerprint density at radius 2 is 0.528 bits per heavy atom. The van der Waals surface area contributed by atoms with Crippen LogP contribution in [0.25, 0.3) is 274 Å². The van der Waals surface area contributed by atoms with E-state index in [9.17, 15) is 10.5 Å². The van der Waals surface area contributed by atoms with Crippen LogP contribution in [0.15, 0.2) is 449 Å². The molecule has 0 N–H and O–H groups in total. The number of para-hydroxylation sites is 4. The Morgan fingerprint density at radius 1 is 0.183 bits per heavy atom. The summed E-state index contributed by atoms with van der Waals surface area (Å²) in [6.07, 6.45) is 0. The highest BCUT2D eigenvalue weighted by Gasteiger charge is 2.31. The average Bonchev–Trinajstić information content (AvgIpc) is 1.54. The van der Waals surface area contributed by atoms with E-state index >= 15 is 0 Å². The van der Waals surface area contributed by atoms with Gasteiger partial charge in [-0.2, -0.15) is 10.5 Å². The van der Waals surface area contributed by atoms with E-state index in [1.54, 1.807) is 11.3 Å². The molecule has 0 atom stereocenters. The Bertz CT molecular complexity index is 10200. The van der Waals surface area contributed by atoms with E-state index in [-0.39, 0.29) is 0 Å². The fraction of sp³-hybridized carbons (Fsp3) is 0. The maximum Gasteiger partial charge on any atom is 0.166 e. The van der Waals surface area contributed by atoms with Gasteiger partial charge in [0.2, 0.25) is 0 Å². The lowest BCUT2D eigenvalue weighted by Crippen LogP contribution is -2.05. The number of fused-ring (bicyclic) bond motifs is 20. The molecule has 0 aliphatic rings. The highest BCUT2D eigenvalue weighted by molar-refractivity contribution is 7.26. The summed E-state index contributed by atoms with van der Waals surface area (Å²) in [4.78, 5) is 33.5. The third kappa shape index (κ3) is 13.0. The minimum atomic E-state index is 0.406. The lowest BCUT2D eigenvalue weighted by Gasteiger charge is -2.17. The predicted octanol–water partition coefficient (Wildman–Crippen LogP) is 33.3. The third-order valence-corrected chi connectivity index (χ3v) is 30.6. The molecule has 0 saturated carbocycles. The van der Waals surface area contributed by atoms with Gasteiger partial charge in [-0.25, -0.2) is 29.9 Å². The second-order valence-corrected chi connectivity index (χ2v) is 38.1. The lowest BCUT2D eigenvalue weighted by atomic mass is 9.93. The van der Waals surface area contributed by atoms with Gasteiger partial charge in [0.1, 0.15) is 0 Å². The topological polar surface area (TPSA) is 145 Å². The van der Waals surface area contributed by atoms with Crippen LogP contribution < -0.4 is 0 Å². The molecular formula is C128H74N12S2. The second kappa shape index (κ2) is 32.9. The smallest absolute Gasteiger partial charge is 0.166 e. The van der Waals surface area contributed by atoms with Crippen molar-refractivity contribution in [3.63, 3.8) is 0 Å². The Hall–Kier alpha value is -19.0. The van der Waals surface area contributed by atoms with Crippen LogP contribution in [0, 0.1) is 22.7 Å². The van der Waals surface area contributed by atoms with Crippen molar-refractivity contribution in [2.45, 2.75) is 0 Å². The number of nitrogens with zero attached hydrogens (tertiary/aromatic N) is 12. The summed E-state index contributed by atoms with van der Waals surface area (Å²) < 4.78 is 14.5. The molecule has 20 aromatic carbocycles. The number of hydrogen-bond donors (Lipinski definition) is 0.